The Morgan fingerprint density at radius 2 is 2.13 bits per heavy atom. The van der Waals surface area contributed by atoms with Crippen LogP contribution in [0.25, 0.3) is 0 Å². The molecule has 0 aliphatic carbocycles. The lowest BCUT2D eigenvalue weighted by Crippen LogP contribution is -2.38. The third kappa shape index (κ3) is 5.83. The summed E-state index contributed by atoms with van der Waals surface area (Å²) in [6, 6.07) is 2.13. The van der Waals surface area contributed by atoms with Gasteiger partial charge in [0, 0.05) is 55.8 Å². The predicted octanol–water partition coefficient (Wildman–Crippen LogP) is 2.74. The first-order valence-electron chi connectivity index (χ1n) is 7.27. The minimum atomic E-state index is 0. The van der Waals surface area contributed by atoms with Crippen molar-refractivity contribution in [1.29, 1.82) is 0 Å². The number of nitrogens with one attached hydrogen (secondary N) is 1. The monoisotopic (exact) mass is 494 g/mol. The summed E-state index contributed by atoms with van der Waals surface area (Å²) in [5.74, 6) is 0.892. The van der Waals surface area contributed by atoms with Crippen LogP contribution >= 0.6 is 39.9 Å². The van der Waals surface area contributed by atoms with Crippen molar-refractivity contribution in [3.05, 3.63) is 40.4 Å². The highest BCUT2D eigenvalue weighted by Crippen LogP contribution is 2.15. The van der Waals surface area contributed by atoms with Crippen LogP contribution in [0, 0.1) is 0 Å². The maximum atomic E-state index is 4.69. The molecule has 1 N–H and O–H groups in total. The van der Waals surface area contributed by atoms with Crippen molar-refractivity contribution in [2.45, 2.75) is 20.0 Å². The number of hydrogen-bond acceptors (Lipinski definition) is 2. The molecule has 2 rings (SSSR count). The molecule has 0 saturated carbocycles. The smallest absolute Gasteiger partial charge is 0.194 e. The number of guanidine groups is 1. The number of rotatable bonds is 5. The fourth-order valence-electron chi connectivity index (χ4n) is 2.23. The van der Waals surface area contributed by atoms with Gasteiger partial charge in [0.25, 0.3) is 0 Å². The minimum Gasteiger partial charge on any atom is -0.357 e. The lowest BCUT2D eigenvalue weighted by molar-refractivity contribution is 0.462. The average molecular weight is 495 g/mol. The molecule has 0 unspecified atom stereocenters. The van der Waals surface area contributed by atoms with Crippen molar-refractivity contribution in [2.75, 3.05) is 13.6 Å². The van der Waals surface area contributed by atoms with Crippen molar-refractivity contribution in [3.8, 4) is 0 Å². The van der Waals surface area contributed by atoms with Crippen molar-refractivity contribution in [1.82, 2.24) is 24.6 Å². The molecule has 0 aliphatic rings. The van der Waals surface area contributed by atoms with E-state index in [1.54, 1.807) is 4.68 Å². The maximum Gasteiger partial charge on any atom is 0.194 e. The lowest BCUT2D eigenvalue weighted by Gasteiger charge is -2.22. The molecule has 0 atom stereocenters. The van der Waals surface area contributed by atoms with Gasteiger partial charge in [0.15, 0.2) is 5.96 Å². The molecule has 23 heavy (non-hydrogen) atoms. The number of nitrogens with zero attached hydrogens (tertiary/aromatic N) is 5. The van der Waals surface area contributed by atoms with E-state index in [9.17, 15) is 0 Å². The van der Waals surface area contributed by atoms with Crippen LogP contribution < -0.4 is 5.32 Å². The van der Waals surface area contributed by atoms with Crippen molar-refractivity contribution < 1.29 is 0 Å². The van der Waals surface area contributed by atoms with Gasteiger partial charge in [-0.15, -0.1) is 24.0 Å². The highest BCUT2D eigenvalue weighted by molar-refractivity contribution is 14.0. The van der Waals surface area contributed by atoms with Gasteiger partial charge in [0.2, 0.25) is 0 Å². The fraction of sp³-hybridized carbons (Fsp3) is 0.467. The van der Waals surface area contributed by atoms with E-state index in [1.807, 2.05) is 33.5 Å². The van der Waals surface area contributed by atoms with Crippen LogP contribution in [0.15, 0.2) is 34.1 Å². The number of aliphatic imine (C=N–C) groups is 1. The van der Waals surface area contributed by atoms with E-state index in [4.69, 9.17) is 0 Å². The van der Waals surface area contributed by atoms with Gasteiger partial charge in [0.1, 0.15) is 0 Å². The van der Waals surface area contributed by atoms with Crippen molar-refractivity contribution in [2.24, 2.45) is 19.1 Å². The van der Waals surface area contributed by atoms with Gasteiger partial charge in [-0.2, -0.15) is 5.10 Å². The molecular weight excluding hydrogens is 471 g/mol. The second kappa shape index (κ2) is 9.31. The van der Waals surface area contributed by atoms with Crippen LogP contribution in [0.1, 0.15) is 18.2 Å². The third-order valence-corrected chi connectivity index (χ3v) is 3.77. The Hall–Kier alpha value is -1.03. The molecule has 0 spiro atoms. The van der Waals surface area contributed by atoms with Gasteiger partial charge in [-0.05, 0) is 28.9 Å². The fourth-order valence-corrected chi connectivity index (χ4v) is 2.80. The summed E-state index contributed by atoms with van der Waals surface area (Å²) in [6.07, 6.45) is 5.89. The highest BCUT2D eigenvalue weighted by atomic mass is 127. The summed E-state index contributed by atoms with van der Waals surface area (Å²) in [5, 5.41) is 7.51. The second-order valence-corrected chi connectivity index (χ2v) is 6.22. The first kappa shape index (κ1) is 20.0. The van der Waals surface area contributed by atoms with Crippen molar-refractivity contribution >= 4 is 45.9 Å². The van der Waals surface area contributed by atoms with E-state index < -0.39 is 0 Å². The summed E-state index contributed by atoms with van der Waals surface area (Å²) in [6.45, 7) is 4.33. The number of halogens is 2. The summed E-state index contributed by atoms with van der Waals surface area (Å²) >= 11 is 3.51. The molecule has 0 fully saturated rings. The van der Waals surface area contributed by atoms with E-state index in [1.165, 1.54) is 5.69 Å². The van der Waals surface area contributed by atoms with E-state index >= 15 is 0 Å². The van der Waals surface area contributed by atoms with Crippen LogP contribution in [0.5, 0.6) is 0 Å². The van der Waals surface area contributed by atoms with Crippen molar-refractivity contribution in [3.63, 3.8) is 0 Å². The van der Waals surface area contributed by atoms with Crippen LogP contribution in [0.4, 0.5) is 0 Å². The molecule has 0 bridgehead atoms. The number of hydrogen-bond donors (Lipinski definition) is 1. The Labute approximate surface area is 163 Å². The Morgan fingerprint density at radius 3 is 2.65 bits per heavy atom. The predicted molar refractivity (Wildman–Crippen MR) is 108 cm³/mol. The molecule has 2 aromatic rings. The topological polar surface area (TPSA) is 50.4 Å². The maximum absolute atomic E-state index is 4.69. The van der Waals surface area contributed by atoms with Crippen LogP contribution in [-0.2, 0) is 27.2 Å². The minimum absolute atomic E-state index is 0. The molecule has 0 amide bonds. The molecule has 0 aliphatic heterocycles. The lowest BCUT2D eigenvalue weighted by atomic mass is 10.3. The molecule has 0 saturated heterocycles. The van der Waals surface area contributed by atoms with Crippen LogP contribution in [0.2, 0.25) is 0 Å². The molecule has 128 valence electrons. The first-order valence-corrected chi connectivity index (χ1v) is 8.06. The largest absolute Gasteiger partial charge is 0.357 e. The van der Waals surface area contributed by atoms with E-state index in [2.05, 4.69) is 60.0 Å². The summed E-state index contributed by atoms with van der Waals surface area (Å²) in [4.78, 5) is 6.81. The zero-order chi connectivity index (χ0) is 16.1. The molecule has 0 aromatic carbocycles. The molecule has 2 heterocycles. The Bertz CT molecular complexity index is 648. The normalized spacial score (nSPS) is 11.3. The summed E-state index contributed by atoms with van der Waals surface area (Å²) < 4.78 is 5.00. The number of aromatic nitrogens is 3. The SMILES string of the molecule is CCNC(=NCc1cnn(C)c1)N(C)Cc1cc(Br)cn1C.I. The summed E-state index contributed by atoms with van der Waals surface area (Å²) in [5.41, 5.74) is 2.33. The van der Waals surface area contributed by atoms with Crippen LogP contribution in [-0.4, -0.2) is 38.8 Å². The zero-order valence-electron chi connectivity index (χ0n) is 14.0. The average Bonchev–Trinajstić information content (AvgIpc) is 3.00. The van der Waals surface area contributed by atoms with Crippen LogP contribution in [0.3, 0.4) is 0 Å². The second-order valence-electron chi connectivity index (χ2n) is 5.31. The van der Waals surface area contributed by atoms with E-state index in [0.29, 0.717) is 6.54 Å². The quantitative estimate of drug-likeness (QED) is 0.395. The zero-order valence-corrected chi connectivity index (χ0v) is 17.9. The van der Waals surface area contributed by atoms with E-state index in [-0.39, 0.29) is 24.0 Å². The van der Waals surface area contributed by atoms with Gasteiger partial charge in [-0.25, -0.2) is 4.99 Å². The Kier molecular flexibility index (Phi) is 8.10. The molecule has 6 nitrogen and oxygen atoms in total. The molecular formula is C15H24BrIN6. The first-order chi connectivity index (χ1) is 10.5. The highest BCUT2D eigenvalue weighted by Gasteiger charge is 2.09. The molecule has 8 heteroatoms. The van der Waals surface area contributed by atoms with Gasteiger partial charge in [0.05, 0.1) is 19.3 Å². The standard InChI is InChI=1S/C15H23BrN6.HI/c1-5-17-15(18-7-12-8-19-22(4)9-12)21(3)11-14-6-13(16)10-20(14)2;/h6,8-10H,5,7,11H2,1-4H3,(H,17,18);1H. The van der Waals surface area contributed by atoms with Gasteiger partial charge in [-0.3, -0.25) is 4.68 Å². The van der Waals surface area contributed by atoms with Gasteiger partial charge < -0.3 is 14.8 Å². The molecule has 0 radical (unpaired) electrons. The van der Waals surface area contributed by atoms with Gasteiger partial charge >= 0.3 is 0 Å². The Balaban J connectivity index is 0.00000264. The Morgan fingerprint density at radius 1 is 1.39 bits per heavy atom. The molecule has 2 aromatic heterocycles. The van der Waals surface area contributed by atoms with E-state index in [0.717, 1.165) is 29.1 Å². The third-order valence-electron chi connectivity index (χ3n) is 3.34. The summed E-state index contributed by atoms with van der Waals surface area (Å²) in [7, 11) is 6.01. The number of aryl methyl sites for hydroxylation is 2. The van der Waals surface area contributed by atoms with Gasteiger partial charge in [-0.1, -0.05) is 0 Å².